The zero-order chi connectivity index (χ0) is 21.0. The van der Waals surface area contributed by atoms with Crippen LogP contribution in [-0.2, 0) is 39.3 Å². The van der Waals surface area contributed by atoms with Crippen LogP contribution < -0.4 is 44.2 Å². The summed E-state index contributed by atoms with van der Waals surface area (Å²) in [4.78, 5) is 4.42. The molecule has 1 saturated heterocycles. The molecule has 0 unspecified atom stereocenters. The van der Waals surface area contributed by atoms with Gasteiger partial charge < -0.3 is 44.2 Å². The molecule has 1 aliphatic heterocycles. The van der Waals surface area contributed by atoms with Crippen LogP contribution in [0, 0.1) is 6.67 Å². The minimum absolute atomic E-state index is 0.424. The standard InChI is InChI=1S/C21H33N8/c22-7-14-3-16(9-24)20(17(4-14)10-25)28-1-2-29(13-28)21-18(11-26)5-15(8-23)6-19(21)12-27/h3-6,13H,1-2,7-12,22-27H2. The van der Waals surface area contributed by atoms with Crippen molar-refractivity contribution in [3.8, 4) is 0 Å². The van der Waals surface area contributed by atoms with Gasteiger partial charge in [-0.25, -0.2) is 0 Å². The van der Waals surface area contributed by atoms with E-state index in [1.54, 1.807) is 0 Å². The van der Waals surface area contributed by atoms with E-state index in [9.17, 15) is 0 Å². The van der Waals surface area contributed by atoms with E-state index in [0.29, 0.717) is 39.3 Å². The molecule has 1 aliphatic rings. The second-order valence-corrected chi connectivity index (χ2v) is 7.25. The second kappa shape index (κ2) is 9.53. The van der Waals surface area contributed by atoms with E-state index in [1.165, 1.54) is 0 Å². The highest BCUT2D eigenvalue weighted by atomic mass is 15.4. The van der Waals surface area contributed by atoms with Gasteiger partial charge in [-0.15, -0.1) is 0 Å². The molecule has 2 aromatic carbocycles. The molecule has 3 rings (SSSR count). The van der Waals surface area contributed by atoms with Gasteiger partial charge in [-0.2, -0.15) is 0 Å². The zero-order valence-corrected chi connectivity index (χ0v) is 16.9. The molecule has 1 heterocycles. The van der Waals surface area contributed by atoms with Crippen LogP contribution in [0.2, 0.25) is 0 Å². The first-order chi connectivity index (χ1) is 14.1. The van der Waals surface area contributed by atoms with Crippen LogP contribution in [0.5, 0.6) is 0 Å². The van der Waals surface area contributed by atoms with Crippen molar-refractivity contribution in [1.82, 2.24) is 0 Å². The minimum Gasteiger partial charge on any atom is -0.346 e. The molecule has 8 heteroatoms. The summed E-state index contributed by atoms with van der Waals surface area (Å²) in [6, 6.07) is 8.27. The summed E-state index contributed by atoms with van der Waals surface area (Å²) < 4.78 is 0. The van der Waals surface area contributed by atoms with Gasteiger partial charge in [-0.3, -0.25) is 0 Å². The van der Waals surface area contributed by atoms with E-state index >= 15 is 0 Å². The SMILES string of the molecule is NCc1cc(CN)c(N2[CH]N(c3c(CN)cc(CN)cc3CN)CC2)c(CN)c1. The Balaban J connectivity index is 1.98. The van der Waals surface area contributed by atoms with E-state index in [2.05, 4.69) is 40.7 Å². The van der Waals surface area contributed by atoms with Gasteiger partial charge in [0.05, 0.1) is 0 Å². The lowest BCUT2D eigenvalue weighted by atomic mass is 10.0. The fourth-order valence-corrected chi connectivity index (χ4v) is 4.10. The maximum absolute atomic E-state index is 6.05. The Labute approximate surface area is 172 Å². The van der Waals surface area contributed by atoms with Crippen molar-refractivity contribution in [2.24, 2.45) is 34.4 Å². The van der Waals surface area contributed by atoms with Crippen LogP contribution in [0.1, 0.15) is 33.4 Å². The van der Waals surface area contributed by atoms with Gasteiger partial charge in [0, 0.05) is 63.7 Å². The average Bonchev–Trinajstić information content (AvgIpc) is 3.25. The molecule has 0 atom stereocenters. The van der Waals surface area contributed by atoms with Gasteiger partial charge >= 0.3 is 0 Å². The van der Waals surface area contributed by atoms with E-state index in [1.807, 2.05) is 0 Å². The molecular formula is C21H33N8. The molecule has 29 heavy (non-hydrogen) atoms. The van der Waals surface area contributed by atoms with Crippen LogP contribution in [-0.4, -0.2) is 13.1 Å². The van der Waals surface area contributed by atoms with Crippen molar-refractivity contribution in [3.05, 3.63) is 64.3 Å². The van der Waals surface area contributed by atoms with Crippen molar-refractivity contribution >= 4 is 11.4 Å². The lowest BCUT2D eigenvalue weighted by molar-refractivity contribution is 0.939. The number of nitrogens with zero attached hydrogens (tertiary/aromatic N) is 2. The summed E-state index contributed by atoms with van der Waals surface area (Å²) in [6.07, 6.45) is 0. The predicted octanol–water partition coefficient (Wildman–Crippen LogP) is -0.115. The summed E-state index contributed by atoms with van der Waals surface area (Å²) >= 11 is 0. The summed E-state index contributed by atoms with van der Waals surface area (Å²) in [7, 11) is 0. The summed E-state index contributed by atoms with van der Waals surface area (Å²) in [5.74, 6) is 0. The van der Waals surface area contributed by atoms with Gasteiger partial charge in [0.2, 0.25) is 0 Å². The van der Waals surface area contributed by atoms with Gasteiger partial charge in [0.25, 0.3) is 0 Å². The Morgan fingerprint density at radius 2 is 0.828 bits per heavy atom. The number of anilines is 2. The molecule has 0 amide bonds. The summed E-state index contributed by atoms with van der Waals surface area (Å²) in [6.45, 7) is 6.35. The normalized spacial score (nSPS) is 14.1. The first kappa shape index (κ1) is 21.5. The van der Waals surface area contributed by atoms with Crippen LogP contribution in [0.25, 0.3) is 0 Å². The zero-order valence-electron chi connectivity index (χ0n) is 16.9. The smallest absolute Gasteiger partial charge is 0.142 e. The molecule has 2 aromatic rings. The average molecular weight is 398 g/mol. The minimum atomic E-state index is 0.424. The molecule has 0 saturated carbocycles. The topological polar surface area (TPSA) is 163 Å². The summed E-state index contributed by atoms with van der Waals surface area (Å²) in [5.41, 5.74) is 44.3. The largest absolute Gasteiger partial charge is 0.346 e. The maximum atomic E-state index is 6.05. The quantitative estimate of drug-likeness (QED) is 0.359. The molecule has 12 N–H and O–H groups in total. The molecule has 0 aromatic heterocycles. The molecule has 157 valence electrons. The number of hydrogen-bond acceptors (Lipinski definition) is 8. The third-order valence-corrected chi connectivity index (χ3v) is 5.44. The molecule has 1 fully saturated rings. The highest BCUT2D eigenvalue weighted by Gasteiger charge is 2.28. The van der Waals surface area contributed by atoms with Crippen LogP contribution in [0.3, 0.4) is 0 Å². The monoisotopic (exact) mass is 397 g/mol. The molecule has 1 radical (unpaired) electrons. The number of rotatable bonds is 8. The highest BCUT2D eigenvalue weighted by molar-refractivity contribution is 5.69. The third kappa shape index (κ3) is 4.23. The maximum Gasteiger partial charge on any atom is 0.142 e. The van der Waals surface area contributed by atoms with Crippen molar-refractivity contribution in [3.63, 3.8) is 0 Å². The van der Waals surface area contributed by atoms with Crippen molar-refractivity contribution in [2.45, 2.75) is 39.3 Å². The van der Waals surface area contributed by atoms with Crippen molar-refractivity contribution in [1.29, 1.82) is 0 Å². The third-order valence-electron chi connectivity index (χ3n) is 5.44. The van der Waals surface area contributed by atoms with E-state index in [4.69, 9.17) is 34.4 Å². The Bertz CT molecular complexity index is 731. The number of nitrogens with two attached hydrogens (primary N) is 6. The highest BCUT2D eigenvalue weighted by Crippen LogP contribution is 2.35. The van der Waals surface area contributed by atoms with Crippen molar-refractivity contribution in [2.75, 3.05) is 22.9 Å². The number of hydrogen-bond donors (Lipinski definition) is 6. The molecular weight excluding hydrogens is 364 g/mol. The fourth-order valence-electron chi connectivity index (χ4n) is 4.10. The van der Waals surface area contributed by atoms with Crippen LogP contribution in [0.15, 0.2) is 24.3 Å². The van der Waals surface area contributed by atoms with Crippen LogP contribution >= 0.6 is 0 Å². The van der Waals surface area contributed by atoms with Crippen LogP contribution in [0.4, 0.5) is 11.4 Å². The van der Waals surface area contributed by atoms with Crippen molar-refractivity contribution < 1.29 is 0 Å². The lowest BCUT2D eigenvalue weighted by Gasteiger charge is -2.27. The van der Waals surface area contributed by atoms with Gasteiger partial charge in [-0.05, 0) is 33.4 Å². The number of benzene rings is 2. The fraction of sp³-hybridized carbons (Fsp3) is 0.381. The summed E-state index contributed by atoms with van der Waals surface area (Å²) in [5, 5.41) is 0. The Morgan fingerprint density at radius 3 is 1.07 bits per heavy atom. The molecule has 0 aliphatic carbocycles. The second-order valence-electron chi connectivity index (χ2n) is 7.25. The molecule has 0 bridgehead atoms. The Hall–Kier alpha value is -2.20. The van der Waals surface area contributed by atoms with E-state index in [-0.39, 0.29) is 0 Å². The molecule has 8 nitrogen and oxygen atoms in total. The Morgan fingerprint density at radius 1 is 0.517 bits per heavy atom. The van der Waals surface area contributed by atoms with Gasteiger partial charge in [0.1, 0.15) is 6.67 Å². The van der Waals surface area contributed by atoms with Gasteiger partial charge in [0.15, 0.2) is 0 Å². The van der Waals surface area contributed by atoms with E-state index in [0.717, 1.165) is 57.8 Å². The first-order valence-corrected chi connectivity index (χ1v) is 9.98. The predicted molar refractivity (Wildman–Crippen MR) is 119 cm³/mol. The first-order valence-electron chi connectivity index (χ1n) is 9.98. The van der Waals surface area contributed by atoms with Gasteiger partial charge in [-0.1, -0.05) is 24.3 Å². The lowest BCUT2D eigenvalue weighted by Crippen LogP contribution is -2.24. The van der Waals surface area contributed by atoms with E-state index < -0.39 is 0 Å². The molecule has 0 spiro atoms. The Kier molecular flexibility index (Phi) is 7.07.